The van der Waals surface area contributed by atoms with Crippen LogP contribution in [0.15, 0.2) is 30.3 Å². The number of nitrogens with zero attached hydrogens (tertiary/aromatic N) is 2. The summed E-state index contributed by atoms with van der Waals surface area (Å²) in [4.78, 5) is 4.88. The average Bonchev–Trinajstić information content (AvgIpc) is 2.31. The summed E-state index contributed by atoms with van der Waals surface area (Å²) in [5.41, 5.74) is 7.03. The average molecular weight is 219 g/mol. The van der Waals surface area contributed by atoms with Gasteiger partial charge in [0, 0.05) is 31.4 Å². The number of likely N-dealkylation sites (N-methyl/N-ethyl adjacent to an activating group) is 1. The Hall–Kier alpha value is -1.06. The number of nitrogens with two attached hydrogens (primary N) is 1. The van der Waals surface area contributed by atoms with E-state index < -0.39 is 0 Å². The fraction of sp³-hybridized carbons (Fsp3) is 0.538. The molecule has 2 N–H and O–H groups in total. The van der Waals surface area contributed by atoms with Crippen LogP contribution in [0.4, 0.5) is 5.69 Å². The van der Waals surface area contributed by atoms with Gasteiger partial charge in [-0.05, 0) is 32.1 Å². The number of hydrogen-bond acceptors (Lipinski definition) is 3. The summed E-state index contributed by atoms with van der Waals surface area (Å²) >= 11 is 0. The van der Waals surface area contributed by atoms with E-state index in [9.17, 15) is 0 Å². The number of para-hydroxylation sites is 1. The van der Waals surface area contributed by atoms with Crippen LogP contribution >= 0.6 is 0 Å². The molecule has 0 spiro atoms. The first kappa shape index (κ1) is 11.4. The first-order chi connectivity index (χ1) is 7.81. The number of rotatable bonds is 3. The van der Waals surface area contributed by atoms with Gasteiger partial charge in [0.25, 0.3) is 0 Å². The highest BCUT2D eigenvalue weighted by Gasteiger charge is 2.24. The largest absolute Gasteiger partial charge is 0.366 e. The van der Waals surface area contributed by atoms with Crippen molar-refractivity contribution in [1.82, 2.24) is 4.90 Å². The van der Waals surface area contributed by atoms with Crippen LogP contribution in [-0.4, -0.2) is 44.2 Å². The van der Waals surface area contributed by atoms with E-state index >= 15 is 0 Å². The third kappa shape index (κ3) is 2.54. The van der Waals surface area contributed by atoms with Crippen molar-refractivity contribution < 1.29 is 0 Å². The van der Waals surface area contributed by atoms with Crippen molar-refractivity contribution in [3.8, 4) is 0 Å². The molecule has 0 radical (unpaired) electrons. The van der Waals surface area contributed by atoms with Gasteiger partial charge in [-0.25, -0.2) is 0 Å². The molecule has 1 saturated heterocycles. The number of hydrogen-bond donors (Lipinski definition) is 1. The molecular formula is C13H21N3. The highest BCUT2D eigenvalue weighted by atomic mass is 15.3. The molecule has 1 unspecified atom stereocenters. The number of anilines is 1. The van der Waals surface area contributed by atoms with E-state index in [2.05, 4.69) is 47.2 Å². The van der Waals surface area contributed by atoms with E-state index in [-0.39, 0.29) is 0 Å². The Morgan fingerprint density at radius 3 is 2.69 bits per heavy atom. The molecule has 1 fully saturated rings. The van der Waals surface area contributed by atoms with Crippen LogP contribution in [-0.2, 0) is 0 Å². The van der Waals surface area contributed by atoms with E-state index in [4.69, 9.17) is 5.73 Å². The molecule has 88 valence electrons. The van der Waals surface area contributed by atoms with Crippen LogP contribution in [0, 0.1) is 0 Å². The lowest BCUT2D eigenvalue weighted by molar-refractivity contribution is 0.262. The van der Waals surface area contributed by atoms with Crippen molar-refractivity contribution in [2.45, 2.75) is 12.5 Å². The molecule has 1 heterocycles. The van der Waals surface area contributed by atoms with Gasteiger partial charge in [-0.3, -0.25) is 0 Å². The Morgan fingerprint density at radius 1 is 1.25 bits per heavy atom. The molecule has 1 aliphatic heterocycles. The summed E-state index contributed by atoms with van der Waals surface area (Å²) in [5.74, 6) is 0. The van der Waals surface area contributed by atoms with Gasteiger partial charge < -0.3 is 15.5 Å². The molecule has 3 nitrogen and oxygen atoms in total. The van der Waals surface area contributed by atoms with Gasteiger partial charge in [0.1, 0.15) is 0 Å². The van der Waals surface area contributed by atoms with Crippen LogP contribution in [0.1, 0.15) is 6.42 Å². The normalized spacial score (nSPS) is 22.4. The molecule has 16 heavy (non-hydrogen) atoms. The minimum absolute atomic E-state index is 0.561. The van der Waals surface area contributed by atoms with Crippen LogP contribution < -0.4 is 10.6 Å². The molecular weight excluding hydrogens is 198 g/mol. The fourth-order valence-electron chi connectivity index (χ4n) is 2.41. The predicted molar refractivity (Wildman–Crippen MR) is 68.7 cm³/mol. The van der Waals surface area contributed by atoms with Crippen LogP contribution in [0.3, 0.4) is 0 Å². The SMILES string of the molecule is CN1CCN(c2ccccc2)C(CCN)C1. The van der Waals surface area contributed by atoms with Crippen molar-refractivity contribution in [2.24, 2.45) is 5.73 Å². The molecule has 1 aromatic carbocycles. The first-order valence-electron chi connectivity index (χ1n) is 6.01. The van der Waals surface area contributed by atoms with E-state index in [0.717, 1.165) is 32.6 Å². The quantitative estimate of drug-likeness (QED) is 0.828. The third-order valence-electron chi connectivity index (χ3n) is 3.27. The Kier molecular flexibility index (Phi) is 3.80. The van der Waals surface area contributed by atoms with Crippen molar-refractivity contribution in [3.63, 3.8) is 0 Å². The zero-order valence-electron chi connectivity index (χ0n) is 9.97. The fourth-order valence-corrected chi connectivity index (χ4v) is 2.41. The Morgan fingerprint density at radius 2 is 2.00 bits per heavy atom. The van der Waals surface area contributed by atoms with Gasteiger partial charge in [-0.2, -0.15) is 0 Å². The van der Waals surface area contributed by atoms with Gasteiger partial charge in [-0.15, -0.1) is 0 Å². The lowest BCUT2D eigenvalue weighted by Gasteiger charge is -2.41. The van der Waals surface area contributed by atoms with E-state index in [1.165, 1.54) is 5.69 Å². The van der Waals surface area contributed by atoms with Gasteiger partial charge in [-0.1, -0.05) is 18.2 Å². The van der Waals surface area contributed by atoms with Crippen molar-refractivity contribution in [2.75, 3.05) is 38.1 Å². The van der Waals surface area contributed by atoms with Crippen molar-refractivity contribution in [1.29, 1.82) is 0 Å². The zero-order chi connectivity index (χ0) is 11.4. The monoisotopic (exact) mass is 219 g/mol. The van der Waals surface area contributed by atoms with Gasteiger partial charge in [0.05, 0.1) is 0 Å². The molecule has 1 aliphatic rings. The van der Waals surface area contributed by atoms with E-state index in [1.807, 2.05) is 0 Å². The Balaban J connectivity index is 2.12. The second-order valence-electron chi connectivity index (χ2n) is 4.52. The summed E-state index contributed by atoms with van der Waals surface area (Å²) in [7, 11) is 2.19. The second kappa shape index (κ2) is 5.32. The summed E-state index contributed by atoms with van der Waals surface area (Å²) in [5, 5.41) is 0. The van der Waals surface area contributed by atoms with E-state index in [0.29, 0.717) is 6.04 Å². The zero-order valence-corrected chi connectivity index (χ0v) is 9.97. The second-order valence-corrected chi connectivity index (χ2v) is 4.52. The molecule has 3 heteroatoms. The minimum Gasteiger partial charge on any atom is -0.366 e. The van der Waals surface area contributed by atoms with E-state index in [1.54, 1.807) is 0 Å². The maximum atomic E-state index is 5.70. The summed E-state index contributed by atoms with van der Waals surface area (Å²) in [6.07, 6.45) is 1.07. The number of benzene rings is 1. The predicted octanol–water partition coefficient (Wildman–Crippen LogP) is 1.16. The van der Waals surface area contributed by atoms with Gasteiger partial charge in [0.2, 0.25) is 0 Å². The summed E-state index contributed by atoms with van der Waals surface area (Å²) in [6, 6.07) is 11.2. The summed E-state index contributed by atoms with van der Waals surface area (Å²) < 4.78 is 0. The minimum atomic E-state index is 0.561. The molecule has 2 rings (SSSR count). The van der Waals surface area contributed by atoms with Crippen LogP contribution in [0.5, 0.6) is 0 Å². The molecule has 0 saturated carbocycles. The van der Waals surface area contributed by atoms with Gasteiger partial charge in [0.15, 0.2) is 0 Å². The molecule has 0 amide bonds. The maximum absolute atomic E-state index is 5.70. The van der Waals surface area contributed by atoms with Crippen LogP contribution in [0.25, 0.3) is 0 Å². The first-order valence-corrected chi connectivity index (χ1v) is 6.01. The third-order valence-corrected chi connectivity index (χ3v) is 3.27. The standard InChI is InChI=1S/C13H21N3/c1-15-9-10-16(13(11-15)7-8-14)12-5-3-2-4-6-12/h2-6,13H,7-11,14H2,1H3. The Bertz CT molecular complexity index is 312. The topological polar surface area (TPSA) is 32.5 Å². The highest BCUT2D eigenvalue weighted by molar-refractivity contribution is 5.47. The number of piperazine rings is 1. The Labute approximate surface area is 97.8 Å². The van der Waals surface area contributed by atoms with Crippen molar-refractivity contribution >= 4 is 5.69 Å². The summed E-state index contributed by atoms with van der Waals surface area (Å²) in [6.45, 7) is 4.12. The lowest BCUT2D eigenvalue weighted by atomic mass is 10.1. The van der Waals surface area contributed by atoms with Crippen molar-refractivity contribution in [3.05, 3.63) is 30.3 Å². The molecule has 0 aromatic heterocycles. The lowest BCUT2D eigenvalue weighted by Crippen LogP contribution is -2.52. The maximum Gasteiger partial charge on any atom is 0.0429 e. The molecule has 0 bridgehead atoms. The molecule has 0 aliphatic carbocycles. The van der Waals surface area contributed by atoms with Gasteiger partial charge >= 0.3 is 0 Å². The smallest absolute Gasteiger partial charge is 0.0429 e. The highest BCUT2D eigenvalue weighted by Crippen LogP contribution is 2.21. The molecule has 1 aromatic rings. The molecule has 1 atom stereocenters. The van der Waals surface area contributed by atoms with Crippen LogP contribution in [0.2, 0.25) is 0 Å².